The number of hydrogen-bond acceptors (Lipinski definition) is 9. The first kappa shape index (κ1) is 39.3. The Kier molecular flexibility index (Phi) is 9.87. The number of carbonyl (C=O) groups excluding carboxylic acids is 1. The Morgan fingerprint density at radius 2 is 1.71 bits per heavy atom. The highest BCUT2D eigenvalue weighted by Crippen LogP contribution is 2.72. The number of thiazole rings is 1. The van der Waals surface area contributed by atoms with Gasteiger partial charge in [-0.15, -0.1) is 0 Å². The summed E-state index contributed by atoms with van der Waals surface area (Å²) in [5.74, 6) is -1.93. The number of aromatic carboxylic acids is 1. The third kappa shape index (κ3) is 7.62. The summed E-state index contributed by atoms with van der Waals surface area (Å²) < 4.78 is 9.84. The van der Waals surface area contributed by atoms with Gasteiger partial charge in [-0.05, 0) is 110 Å². The summed E-state index contributed by atoms with van der Waals surface area (Å²) in [5, 5.41) is 31.2. The lowest BCUT2D eigenvalue weighted by molar-refractivity contribution is -0.247. The monoisotopic (exact) mass is 817 g/mol. The van der Waals surface area contributed by atoms with Gasteiger partial charge >= 0.3 is 18.0 Å². The highest BCUT2D eigenvalue weighted by molar-refractivity contribution is 7.22. The molecule has 14 heteroatoms. The Labute approximate surface area is 347 Å². The average Bonchev–Trinajstić information content (AvgIpc) is 3.75. The highest BCUT2D eigenvalue weighted by Gasteiger charge is 2.66. The Morgan fingerprint density at radius 3 is 2.47 bits per heavy atom. The summed E-state index contributed by atoms with van der Waals surface area (Å²) in [7, 11) is 0. The second kappa shape index (κ2) is 14.8. The molecule has 4 bridgehead atoms. The fraction of sp³-hybridized carbons (Fsp3) is 0.467. The van der Waals surface area contributed by atoms with Crippen LogP contribution in [0.3, 0.4) is 0 Å². The van der Waals surface area contributed by atoms with Gasteiger partial charge < -0.3 is 20.3 Å². The molecule has 308 valence electrons. The van der Waals surface area contributed by atoms with E-state index in [4.69, 9.17) is 19.9 Å². The number of rotatable bonds is 13. The van der Waals surface area contributed by atoms with Crippen LogP contribution >= 0.6 is 11.3 Å². The van der Waals surface area contributed by atoms with E-state index in [0.29, 0.717) is 42.6 Å². The van der Waals surface area contributed by atoms with Crippen LogP contribution in [0.5, 0.6) is 0 Å². The number of amides is 2. The van der Waals surface area contributed by atoms with E-state index >= 15 is 0 Å². The van der Waals surface area contributed by atoms with E-state index in [1.165, 1.54) is 17.8 Å². The molecule has 2 unspecified atom stereocenters. The molecular weight excluding hydrogens is 767 g/mol. The van der Waals surface area contributed by atoms with Crippen molar-refractivity contribution in [3.8, 4) is 22.4 Å². The molecule has 59 heavy (non-hydrogen) atoms. The first-order valence-corrected chi connectivity index (χ1v) is 21.5. The number of aryl methyl sites for hydroxylation is 1. The molecular formula is C45H51N7O6S. The van der Waals surface area contributed by atoms with Crippen molar-refractivity contribution in [1.29, 1.82) is 0 Å². The van der Waals surface area contributed by atoms with E-state index in [-0.39, 0.29) is 40.0 Å². The largest absolute Gasteiger partial charge is 0.481 e. The van der Waals surface area contributed by atoms with Crippen molar-refractivity contribution in [2.45, 2.75) is 90.7 Å². The van der Waals surface area contributed by atoms with Crippen LogP contribution in [0.4, 0.5) is 15.6 Å². The van der Waals surface area contributed by atoms with Gasteiger partial charge in [0.05, 0.1) is 40.7 Å². The minimum absolute atomic E-state index is 0.0214. The Hall–Kier alpha value is -5.18. The van der Waals surface area contributed by atoms with Gasteiger partial charge in [-0.2, -0.15) is 5.10 Å². The minimum atomic E-state index is -1.12. The van der Waals surface area contributed by atoms with Crippen LogP contribution in [0.1, 0.15) is 87.0 Å². The second-order valence-electron chi connectivity index (χ2n) is 18.3. The number of benzene rings is 2. The number of carbonyl (C=O) groups is 3. The predicted octanol–water partition coefficient (Wildman–Crippen LogP) is 8.41. The van der Waals surface area contributed by atoms with Gasteiger partial charge in [-0.3, -0.25) is 19.7 Å². The number of nitrogens with zero attached hydrogens (tertiary/aromatic N) is 5. The number of urea groups is 1. The van der Waals surface area contributed by atoms with Crippen molar-refractivity contribution in [1.82, 2.24) is 25.1 Å². The molecule has 0 saturated heterocycles. The zero-order valence-corrected chi connectivity index (χ0v) is 34.7. The molecule has 4 aliphatic carbocycles. The first-order chi connectivity index (χ1) is 28.2. The molecule has 3 aromatic heterocycles. The standard InChI is InChI=1S/C45H51N7O6S/c1-28-32(20-47-52(28)27-44-22-42(2)21-43(3,23-44)25-45(24-42,26-44)58-18-16-46-15-14-37(53)54)31-12-13-33(48-38(31)39(55)56)30-11-10-29-7-6-17-51(35(29)19-30)41(57)50-40-49-34-8-4-5-9-36(34)59-40/h4-5,8-13,19-20,46H,6-7,14-18,21-27H2,1-3H3,(H,53,54)(H,55,56)(H,49,50,57). The summed E-state index contributed by atoms with van der Waals surface area (Å²) in [6.45, 7) is 9.68. The van der Waals surface area contributed by atoms with Crippen molar-refractivity contribution < 1.29 is 29.3 Å². The van der Waals surface area contributed by atoms with Crippen LogP contribution in [0.2, 0.25) is 0 Å². The van der Waals surface area contributed by atoms with E-state index < -0.39 is 11.9 Å². The zero-order chi connectivity index (χ0) is 41.2. The lowest BCUT2D eigenvalue weighted by atomic mass is 9.39. The molecule has 1 aliphatic heterocycles. The minimum Gasteiger partial charge on any atom is -0.481 e. The predicted molar refractivity (Wildman–Crippen MR) is 227 cm³/mol. The van der Waals surface area contributed by atoms with E-state index in [1.807, 2.05) is 61.5 Å². The molecule has 2 aromatic carbocycles. The SMILES string of the molecule is Cc1c(-c2ccc(-c3ccc4c(c3)N(C(=O)Nc3nc5ccccc5s3)CCC4)nc2C(=O)O)cnn1CC12CC3(C)CC(C)(C1)CC(OCCNCCC(=O)O)(C3)C2. The lowest BCUT2D eigenvalue weighted by Crippen LogP contribution is -2.64. The number of aliphatic carboxylic acids is 1. The van der Waals surface area contributed by atoms with Gasteiger partial charge in [0.15, 0.2) is 10.8 Å². The van der Waals surface area contributed by atoms with Crippen molar-refractivity contribution in [3.63, 3.8) is 0 Å². The number of para-hydroxylation sites is 1. The molecule has 5 aromatic rings. The second-order valence-corrected chi connectivity index (χ2v) is 19.4. The summed E-state index contributed by atoms with van der Waals surface area (Å²) in [6.07, 6.45) is 9.86. The van der Waals surface area contributed by atoms with Crippen LogP contribution in [0.25, 0.3) is 32.6 Å². The summed E-state index contributed by atoms with van der Waals surface area (Å²) >= 11 is 1.43. The van der Waals surface area contributed by atoms with Crippen molar-refractivity contribution in [2.24, 2.45) is 16.2 Å². The molecule has 5 aliphatic rings. The maximum Gasteiger partial charge on any atom is 0.355 e. The highest BCUT2D eigenvalue weighted by atomic mass is 32.1. The smallest absolute Gasteiger partial charge is 0.355 e. The number of carboxylic acid groups (broad SMARTS) is 2. The van der Waals surface area contributed by atoms with Crippen LogP contribution in [0.15, 0.2) is 60.8 Å². The van der Waals surface area contributed by atoms with Crippen LogP contribution in [-0.4, -0.2) is 79.8 Å². The van der Waals surface area contributed by atoms with Crippen LogP contribution in [0, 0.1) is 23.2 Å². The molecule has 2 atom stereocenters. The third-order valence-electron chi connectivity index (χ3n) is 13.1. The van der Waals surface area contributed by atoms with Gasteiger partial charge in [0.25, 0.3) is 0 Å². The Bertz CT molecular complexity index is 2430. The van der Waals surface area contributed by atoms with Crippen LogP contribution in [-0.2, 0) is 22.5 Å². The van der Waals surface area contributed by atoms with Gasteiger partial charge in [-0.25, -0.2) is 19.6 Å². The van der Waals surface area contributed by atoms with Gasteiger partial charge in [0, 0.05) is 54.3 Å². The summed E-state index contributed by atoms with van der Waals surface area (Å²) in [4.78, 5) is 48.5. The van der Waals surface area contributed by atoms with Gasteiger partial charge in [0.2, 0.25) is 0 Å². The molecule has 4 fully saturated rings. The van der Waals surface area contributed by atoms with Crippen LogP contribution < -0.4 is 15.5 Å². The number of nitrogens with one attached hydrogen (secondary N) is 2. The molecule has 13 nitrogen and oxygen atoms in total. The maximum atomic E-state index is 13.6. The first-order valence-electron chi connectivity index (χ1n) is 20.6. The molecule has 0 radical (unpaired) electrons. The molecule has 10 rings (SSSR count). The summed E-state index contributed by atoms with van der Waals surface area (Å²) in [5.41, 5.74) is 6.03. The van der Waals surface area contributed by atoms with E-state index in [9.17, 15) is 19.5 Å². The van der Waals surface area contributed by atoms with Gasteiger partial charge in [0.1, 0.15) is 0 Å². The molecule has 4 N–H and O–H groups in total. The number of aromatic nitrogens is 4. The number of carboxylic acids is 2. The normalized spacial score (nSPS) is 25.6. The number of ether oxygens (including phenoxy) is 1. The van der Waals surface area contributed by atoms with Crippen molar-refractivity contribution >= 4 is 50.3 Å². The molecule has 0 spiro atoms. The van der Waals surface area contributed by atoms with E-state index in [2.05, 4.69) is 34.1 Å². The fourth-order valence-corrected chi connectivity index (χ4v) is 12.9. The number of pyridine rings is 1. The molecule has 2 amide bonds. The van der Waals surface area contributed by atoms with Crippen molar-refractivity contribution in [3.05, 3.63) is 77.7 Å². The van der Waals surface area contributed by atoms with E-state index in [0.717, 1.165) is 89.8 Å². The number of anilines is 2. The zero-order valence-electron chi connectivity index (χ0n) is 33.8. The van der Waals surface area contributed by atoms with Crippen molar-refractivity contribution in [2.75, 3.05) is 36.5 Å². The molecule has 4 heterocycles. The van der Waals surface area contributed by atoms with Gasteiger partial charge in [-0.1, -0.05) is 49.4 Å². The Morgan fingerprint density at radius 1 is 0.915 bits per heavy atom. The lowest BCUT2D eigenvalue weighted by Gasteiger charge is -2.69. The van der Waals surface area contributed by atoms with E-state index in [1.54, 1.807) is 11.1 Å². The summed E-state index contributed by atoms with van der Waals surface area (Å²) in [6, 6.07) is 17.1. The average molecular weight is 818 g/mol. The molecule has 4 saturated carbocycles. The Balaban J connectivity index is 0.948. The fourth-order valence-electron chi connectivity index (χ4n) is 12.0. The number of hydrogen-bond donors (Lipinski definition) is 4. The topological polar surface area (TPSA) is 172 Å². The quantitative estimate of drug-likeness (QED) is 0.0846. The maximum absolute atomic E-state index is 13.6. The third-order valence-corrected chi connectivity index (χ3v) is 14.0. The number of fused-ring (bicyclic) bond motifs is 2.